The molecule has 130 valence electrons. The van der Waals surface area contributed by atoms with E-state index in [1.165, 1.54) is 11.1 Å². The van der Waals surface area contributed by atoms with Crippen molar-refractivity contribution in [1.29, 1.82) is 0 Å². The molecule has 1 aliphatic carbocycles. The summed E-state index contributed by atoms with van der Waals surface area (Å²) in [5, 5.41) is 8.74. The number of fused-ring (bicyclic) bond motifs is 3. The molecule has 3 aromatic rings. The Kier molecular flexibility index (Phi) is 3.96. The molecular formula is C19H16N4O3. The predicted octanol–water partition coefficient (Wildman–Crippen LogP) is 2.20. The van der Waals surface area contributed by atoms with Gasteiger partial charge in [0.2, 0.25) is 5.89 Å². The van der Waals surface area contributed by atoms with Crippen molar-refractivity contribution in [3.63, 3.8) is 0 Å². The molecule has 7 heteroatoms. The van der Waals surface area contributed by atoms with Crippen LogP contribution in [-0.4, -0.2) is 22.0 Å². The maximum Gasteiger partial charge on any atom is 0.313 e. The van der Waals surface area contributed by atoms with Crippen LogP contribution in [0.25, 0.3) is 11.1 Å². The number of carbonyl (C=O) groups is 2. The number of anilines is 1. The number of rotatable bonds is 3. The van der Waals surface area contributed by atoms with Crippen molar-refractivity contribution in [2.24, 2.45) is 0 Å². The molecule has 1 aromatic heterocycles. The van der Waals surface area contributed by atoms with Crippen LogP contribution in [0.5, 0.6) is 0 Å². The standard InChI is InChI=1S/C19H16N4O3/c1-11-21-17(23-26-11)10-20-18(24)19(25)22-14-6-7-16-13(9-14)8-12-4-2-3-5-15(12)16/h2-7,9H,8,10H2,1H3,(H,20,24)(H,22,25). The molecule has 0 bridgehead atoms. The average Bonchev–Trinajstić information content (AvgIpc) is 3.22. The second-order valence-electron chi connectivity index (χ2n) is 6.07. The van der Waals surface area contributed by atoms with Gasteiger partial charge in [-0.2, -0.15) is 4.98 Å². The first-order chi connectivity index (χ1) is 12.6. The number of nitrogens with zero attached hydrogens (tertiary/aromatic N) is 2. The molecule has 4 rings (SSSR count). The summed E-state index contributed by atoms with van der Waals surface area (Å²) in [6.45, 7) is 1.68. The molecule has 26 heavy (non-hydrogen) atoms. The Balaban J connectivity index is 1.40. The number of hydrogen-bond donors (Lipinski definition) is 2. The Morgan fingerprint density at radius 2 is 1.88 bits per heavy atom. The van der Waals surface area contributed by atoms with E-state index in [1.807, 2.05) is 24.3 Å². The summed E-state index contributed by atoms with van der Waals surface area (Å²) in [7, 11) is 0. The normalized spacial score (nSPS) is 11.6. The SMILES string of the molecule is Cc1nc(CNC(=O)C(=O)Nc2ccc3c(c2)Cc2ccccc2-3)no1. The molecule has 0 unspecified atom stereocenters. The first-order valence-electron chi connectivity index (χ1n) is 8.20. The minimum absolute atomic E-state index is 0.0308. The van der Waals surface area contributed by atoms with Crippen LogP contribution in [0.2, 0.25) is 0 Å². The first kappa shape index (κ1) is 16.0. The molecule has 2 aromatic carbocycles. The van der Waals surface area contributed by atoms with E-state index in [0.29, 0.717) is 17.4 Å². The number of benzene rings is 2. The Bertz CT molecular complexity index is 1010. The van der Waals surface area contributed by atoms with Crippen LogP contribution in [0.1, 0.15) is 22.8 Å². The van der Waals surface area contributed by atoms with Crippen LogP contribution >= 0.6 is 0 Å². The number of amides is 2. The monoisotopic (exact) mass is 348 g/mol. The molecule has 1 heterocycles. The lowest BCUT2D eigenvalue weighted by Gasteiger charge is -2.07. The highest BCUT2D eigenvalue weighted by Crippen LogP contribution is 2.37. The van der Waals surface area contributed by atoms with E-state index >= 15 is 0 Å². The third-order valence-corrected chi connectivity index (χ3v) is 4.23. The number of hydrogen-bond acceptors (Lipinski definition) is 5. The fourth-order valence-corrected chi connectivity index (χ4v) is 3.06. The van der Waals surface area contributed by atoms with Gasteiger partial charge < -0.3 is 15.2 Å². The fourth-order valence-electron chi connectivity index (χ4n) is 3.06. The lowest BCUT2D eigenvalue weighted by molar-refractivity contribution is -0.136. The van der Waals surface area contributed by atoms with Gasteiger partial charge in [-0.25, -0.2) is 0 Å². The second kappa shape index (κ2) is 6.44. The lowest BCUT2D eigenvalue weighted by Crippen LogP contribution is -2.35. The van der Waals surface area contributed by atoms with Gasteiger partial charge in [0.15, 0.2) is 5.82 Å². The predicted molar refractivity (Wildman–Crippen MR) is 94.2 cm³/mol. The Labute approximate surface area is 149 Å². The number of nitrogens with one attached hydrogen (secondary N) is 2. The van der Waals surface area contributed by atoms with Crippen molar-refractivity contribution in [3.05, 3.63) is 65.3 Å². The van der Waals surface area contributed by atoms with E-state index in [-0.39, 0.29) is 6.54 Å². The molecular weight excluding hydrogens is 332 g/mol. The molecule has 0 aliphatic heterocycles. The van der Waals surface area contributed by atoms with Crippen LogP contribution in [0.15, 0.2) is 47.0 Å². The number of carbonyl (C=O) groups excluding carboxylic acids is 2. The molecule has 0 radical (unpaired) electrons. The maximum absolute atomic E-state index is 12.1. The molecule has 2 N–H and O–H groups in total. The minimum Gasteiger partial charge on any atom is -0.340 e. The van der Waals surface area contributed by atoms with E-state index in [2.05, 4.69) is 32.9 Å². The van der Waals surface area contributed by atoms with Crippen molar-refractivity contribution in [1.82, 2.24) is 15.5 Å². The highest BCUT2D eigenvalue weighted by molar-refractivity contribution is 6.39. The first-order valence-corrected chi connectivity index (χ1v) is 8.20. The third kappa shape index (κ3) is 3.06. The van der Waals surface area contributed by atoms with E-state index in [9.17, 15) is 9.59 Å². The third-order valence-electron chi connectivity index (χ3n) is 4.23. The van der Waals surface area contributed by atoms with Crippen molar-refractivity contribution in [2.75, 3.05) is 5.32 Å². The quantitative estimate of drug-likeness (QED) is 0.553. The molecule has 0 spiro atoms. The zero-order valence-corrected chi connectivity index (χ0v) is 14.1. The largest absolute Gasteiger partial charge is 0.340 e. The highest BCUT2D eigenvalue weighted by atomic mass is 16.5. The summed E-state index contributed by atoms with van der Waals surface area (Å²) in [5.41, 5.74) is 5.36. The fraction of sp³-hybridized carbons (Fsp3) is 0.158. The van der Waals surface area contributed by atoms with E-state index in [0.717, 1.165) is 17.5 Å². The van der Waals surface area contributed by atoms with Crippen LogP contribution in [0.3, 0.4) is 0 Å². The van der Waals surface area contributed by atoms with Gasteiger partial charge in [-0.3, -0.25) is 9.59 Å². The smallest absolute Gasteiger partial charge is 0.313 e. The molecule has 7 nitrogen and oxygen atoms in total. The van der Waals surface area contributed by atoms with Gasteiger partial charge in [-0.1, -0.05) is 35.5 Å². The van der Waals surface area contributed by atoms with E-state index in [4.69, 9.17) is 4.52 Å². The van der Waals surface area contributed by atoms with E-state index in [1.54, 1.807) is 13.0 Å². The Morgan fingerprint density at radius 1 is 1.08 bits per heavy atom. The molecule has 0 saturated heterocycles. The summed E-state index contributed by atoms with van der Waals surface area (Å²) < 4.78 is 4.81. The molecule has 1 aliphatic rings. The van der Waals surface area contributed by atoms with Gasteiger partial charge in [-0.05, 0) is 40.8 Å². The number of aryl methyl sites for hydroxylation is 1. The number of aromatic nitrogens is 2. The summed E-state index contributed by atoms with van der Waals surface area (Å²) >= 11 is 0. The van der Waals surface area contributed by atoms with Crippen molar-refractivity contribution < 1.29 is 14.1 Å². The van der Waals surface area contributed by atoms with Crippen molar-refractivity contribution >= 4 is 17.5 Å². The summed E-state index contributed by atoms with van der Waals surface area (Å²) in [4.78, 5) is 28.0. The van der Waals surface area contributed by atoms with Gasteiger partial charge in [0, 0.05) is 12.6 Å². The highest BCUT2D eigenvalue weighted by Gasteiger charge is 2.19. The molecule has 0 saturated carbocycles. The van der Waals surface area contributed by atoms with Gasteiger partial charge in [0.1, 0.15) is 0 Å². The zero-order valence-electron chi connectivity index (χ0n) is 14.1. The lowest BCUT2D eigenvalue weighted by atomic mass is 10.1. The van der Waals surface area contributed by atoms with Gasteiger partial charge in [-0.15, -0.1) is 0 Å². The van der Waals surface area contributed by atoms with E-state index < -0.39 is 11.8 Å². The van der Waals surface area contributed by atoms with Crippen LogP contribution in [-0.2, 0) is 22.6 Å². The summed E-state index contributed by atoms with van der Waals surface area (Å²) in [6.07, 6.45) is 0.818. The Morgan fingerprint density at radius 3 is 2.69 bits per heavy atom. The molecule has 2 amide bonds. The second-order valence-corrected chi connectivity index (χ2v) is 6.07. The van der Waals surface area contributed by atoms with Crippen LogP contribution < -0.4 is 10.6 Å². The Hall–Kier alpha value is -3.48. The van der Waals surface area contributed by atoms with Gasteiger partial charge in [0.05, 0.1) is 6.54 Å². The zero-order chi connectivity index (χ0) is 18.1. The van der Waals surface area contributed by atoms with Crippen molar-refractivity contribution in [3.8, 4) is 11.1 Å². The molecule has 0 atom stereocenters. The summed E-state index contributed by atoms with van der Waals surface area (Å²) in [5.74, 6) is -0.770. The van der Waals surface area contributed by atoms with Gasteiger partial charge in [0.25, 0.3) is 0 Å². The minimum atomic E-state index is -0.753. The van der Waals surface area contributed by atoms with Crippen LogP contribution in [0, 0.1) is 6.92 Å². The topological polar surface area (TPSA) is 97.1 Å². The van der Waals surface area contributed by atoms with Gasteiger partial charge >= 0.3 is 11.8 Å². The molecule has 0 fully saturated rings. The summed E-state index contributed by atoms with van der Waals surface area (Å²) in [6, 6.07) is 13.9. The van der Waals surface area contributed by atoms with Crippen molar-refractivity contribution in [2.45, 2.75) is 19.9 Å². The maximum atomic E-state index is 12.1. The average molecular weight is 348 g/mol. The van der Waals surface area contributed by atoms with Crippen LogP contribution in [0.4, 0.5) is 5.69 Å².